The fourth-order valence-corrected chi connectivity index (χ4v) is 2.30. The van der Waals surface area contributed by atoms with Crippen LogP contribution in [0.5, 0.6) is 0 Å². The van der Waals surface area contributed by atoms with Gasteiger partial charge in [0.15, 0.2) is 0 Å². The Morgan fingerprint density at radius 2 is 2.19 bits per heavy atom. The summed E-state index contributed by atoms with van der Waals surface area (Å²) in [6.45, 7) is 0.388. The summed E-state index contributed by atoms with van der Waals surface area (Å²) in [6, 6.07) is 10.2. The highest BCUT2D eigenvalue weighted by Crippen LogP contribution is 2.25. The molecule has 0 unspecified atom stereocenters. The molecular formula is C14H11ClN4O2. The van der Waals surface area contributed by atoms with E-state index in [-0.39, 0.29) is 5.69 Å². The number of halogens is 1. The minimum Gasteiger partial charge on any atom is -0.379 e. The predicted octanol–water partition coefficient (Wildman–Crippen LogP) is 3.74. The first-order valence-electron chi connectivity index (χ1n) is 6.24. The molecule has 0 radical (unpaired) electrons. The Labute approximate surface area is 124 Å². The zero-order chi connectivity index (χ0) is 14.8. The molecular weight excluding hydrogens is 292 g/mol. The van der Waals surface area contributed by atoms with Crippen molar-refractivity contribution in [1.29, 1.82) is 0 Å². The molecule has 0 aliphatic rings. The Morgan fingerprint density at radius 1 is 1.33 bits per heavy atom. The maximum absolute atomic E-state index is 10.8. The van der Waals surface area contributed by atoms with Gasteiger partial charge in [0, 0.05) is 29.1 Å². The van der Waals surface area contributed by atoms with Crippen molar-refractivity contribution in [2.75, 3.05) is 5.32 Å². The van der Waals surface area contributed by atoms with Gasteiger partial charge in [0.05, 0.1) is 22.3 Å². The number of nitrogens with one attached hydrogen (secondary N) is 2. The Hall–Kier alpha value is -2.60. The van der Waals surface area contributed by atoms with E-state index in [0.29, 0.717) is 17.1 Å². The number of para-hydroxylation sites is 1. The summed E-state index contributed by atoms with van der Waals surface area (Å²) in [6.07, 6.45) is 1.74. The molecule has 3 rings (SSSR count). The summed E-state index contributed by atoms with van der Waals surface area (Å²) in [7, 11) is 0. The molecule has 0 spiro atoms. The quantitative estimate of drug-likeness (QED) is 0.568. The number of benzene rings is 2. The number of fused-ring (bicyclic) bond motifs is 1. The first-order chi connectivity index (χ1) is 10.1. The molecule has 0 saturated heterocycles. The number of non-ortho nitro benzene ring substituents is 1. The van der Waals surface area contributed by atoms with E-state index in [4.69, 9.17) is 11.6 Å². The Bertz CT molecular complexity index is 816. The number of anilines is 1. The number of rotatable bonds is 4. The van der Waals surface area contributed by atoms with E-state index >= 15 is 0 Å². The Balaban J connectivity index is 1.86. The summed E-state index contributed by atoms with van der Waals surface area (Å²) in [5.41, 5.74) is 2.45. The van der Waals surface area contributed by atoms with Crippen LogP contribution in [0.2, 0.25) is 5.02 Å². The number of aromatic amines is 1. The van der Waals surface area contributed by atoms with Crippen molar-refractivity contribution in [1.82, 2.24) is 10.2 Å². The van der Waals surface area contributed by atoms with E-state index in [1.165, 1.54) is 18.2 Å². The van der Waals surface area contributed by atoms with Crippen molar-refractivity contribution in [3.8, 4) is 0 Å². The average molecular weight is 303 g/mol. The molecule has 6 nitrogen and oxygen atoms in total. The summed E-state index contributed by atoms with van der Waals surface area (Å²) in [5.74, 6) is 0. The number of hydrogen-bond acceptors (Lipinski definition) is 4. The fraction of sp³-hybridized carbons (Fsp3) is 0.0714. The van der Waals surface area contributed by atoms with Crippen LogP contribution in [0, 0.1) is 10.1 Å². The maximum Gasteiger partial charge on any atom is 0.269 e. The SMILES string of the molecule is O=[N+]([O-])c1ccc(Cl)c(CNc2cccc3cn[nH]c23)c1. The van der Waals surface area contributed by atoms with Crippen LogP contribution >= 0.6 is 11.6 Å². The monoisotopic (exact) mass is 302 g/mol. The van der Waals surface area contributed by atoms with E-state index in [9.17, 15) is 10.1 Å². The molecule has 106 valence electrons. The second-order valence-electron chi connectivity index (χ2n) is 4.53. The van der Waals surface area contributed by atoms with Crippen LogP contribution in [-0.4, -0.2) is 15.1 Å². The first-order valence-corrected chi connectivity index (χ1v) is 6.62. The second kappa shape index (κ2) is 5.41. The molecule has 0 bridgehead atoms. The maximum atomic E-state index is 10.8. The van der Waals surface area contributed by atoms with Crippen LogP contribution in [0.1, 0.15) is 5.56 Å². The lowest BCUT2D eigenvalue weighted by Gasteiger charge is -2.09. The molecule has 3 aromatic rings. The zero-order valence-electron chi connectivity index (χ0n) is 10.8. The van der Waals surface area contributed by atoms with E-state index in [1.807, 2.05) is 18.2 Å². The van der Waals surface area contributed by atoms with Gasteiger partial charge in [0.1, 0.15) is 0 Å². The third-order valence-electron chi connectivity index (χ3n) is 3.19. The van der Waals surface area contributed by atoms with Gasteiger partial charge in [0.25, 0.3) is 5.69 Å². The van der Waals surface area contributed by atoms with Crippen molar-refractivity contribution >= 4 is 33.9 Å². The molecule has 2 N–H and O–H groups in total. The van der Waals surface area contributed by atoms with E-state index in [0.717, 1.165) is 16.6 Å². The number of nitro benzene ring substituents is 1. The summed E-state index contributed by atoms with van der Waals surface area (Å²) >= 11 is 6.08. The Morgan fingerprint density at radius 3 is 3.00 bits per heavy atom. The molecule has 2 aromatic carbocycles. The van der Waals surface area contributed by atoms with E-state index in [2.05, 4.69) is 15.5 Å². The lowest BCUT2D eigenvalue weighted by Crippen LogP contribution is -2.01. The van der Waals surface area contributed by atoms with Crippen LogP contribution in [0.3, 0.4) is 0 Å². The van der Waals surface area contributed by atoms with Gasteiger partial charge >= 0.3 is 0 Å². The van der Waals surface area contributed by atoms with Crippen LogP contribution < -0.4 is 5.32 Å². The molecule has 1 heterocycles. The van der Waals surface area contributed by atoms with Crippen molar-refractivity contribution in [3.05, 3.63) is 63.3 Å². The molecule has 0 atom stereocenters. The topological polar surface area (TPSA) is 83.8 Å². The number of aromatic nitrogens is 2. The third-order valence-corrected chi connectivity index (χ3v) is 3.55. The van der Waals surface area contributed by atoms with Crippen molar-refractivity contribution in [2.45, 2.75) is 6.54 Å². The van der Waals surface area contributed by atoms with Gasteiger partial charge in [0.2, 0.25) is 0 Å². The molecule has 7 heteroatoms. The molecule has 0 amide bonds. The van der Waals surface area contributed by atoms with Gasteiger partial charge in [-0.25, -0.2) is 0 Å². The largest absolute Gasteiger partial charge is 0.379 e. The second-order valence-corrected chi connectivity index (χ2v) is 4.93. The number of H-pyrrole nitrogens is 1. The van der Waals surface area contributed by atoms with Crippen molar-refractivity contribution in [2.24, 2.45) is 0 Å². The van der Waals surface area contributed by atoms with Crippen molar-refractivity contribution in [3.63, 3.8) is 0 Å². The highest BCUT2D eigenvalue weighted by Gasteiger charge is 2.10. The molecule has 1 aromatic heterocycles. The fourth-order valence-electron chi connectivity index (χ4n) is 2.12. The predicted molar refractivity (Wildman–Crippen MR) is 81.5 cm³/mol. The summed E-state index contributed by atoms with van der Waals surface area (Å²) in [4.78, 5) is 10.4. The standard InChI is InChI=1S/C14H11ClN4O2/c15-12-5-4-11(19(20)21)6-10(12)7-16-13-3-1-2-9-8-17-18-14(9)13/h1-6,8,16H,7H2,(H,17,18). The van der Waals surface area contributed by atoms with Gasteiger partial charge < -0.3 is 5.32 Å². The van der Waals surface area contributed by atoms with Gasteiger partial charge in [-0.3, -0.25) is 15.2 Å². The van der Waals surface area contributed by atoms with Crippen LogP contribution in [0.4, 0.5) is 11.4 Å². The van der Waals surface area contributed by atoms with E-state index < -0.39 is 4.92 Å². The minimum absolute atomic E-state index is 0.0240. The minimum atomic E-state index is -0.435. The van der Waals surface area contributed by atoms with E-state index in [1.54, 1.807) is 6.20 Å². The van der Waals surface area contributed by atoms with Crippen LogP contribution in [0.15, 0.2) is 42.6 Å². The molecule has 0 saturated carbocycles. The van der Waals surface area contributed by atoms with Gasteiger partial charge in [-0.05, 0) is 17.7 Å². The molecule has 0 aliphatic carbocycles. The molecule has 21 heavy (non-hydrogen) atoms. The highest BCUT2D eigenvalue weighted by atomic mass is 35.5. The van der Waals surface area contributed by atoms with Gasteiger partial charge in [-0.15, -0.1) is 0 Å². The summed E-state index contributed by atoms with van der Waals surface area (Å²) < 4.78 is 0. The zero-order valence-corrected chi connectivity index (χ0v) is 11.6. The normalized spacial score (nSPS) is 10.7. The van der Waals surface area contributed by atoms with Gasteiger partial charge in [-0.1, -0.05) is 23.7 Å². The highest BCUT2D eigenvalue weighted by molar-refractivity contribution is 6.31. The molecule has 0 aliphatic heterocycles. The third kappa shape index (κ3) is 2.66. The van der Waals surface area contributed by atoms with Crippen molar-refractivity contribution < 1.29 is 4.92 Å². The lowest BCUT2D eigenvalue weighted by molar-refractivity contribution is -0.384. The van der Waals surface area contributed by atoms with Crippen LogP contribution in [0.25, 0.3) is 10.9 Å². The van der Waals surface area contributed by atoms with Crippen LogP contribution in [-0.2, 0) is 6.54 Å². The number of nitrogens with zero attached hydrogens (tertiary/aromatic N) is 2. The lowest BCUT2D eigenvalue weighted by atomic mass is 10.2. The first kappa shape index (κ1) is 13.4. The summed E-state index contributed by atoms with van der Waals surface area (Å²) in [5, 5.41) is 22.4. The van der Waals surface area contributed by atoms with Gasteiger partial charge in [-0.2, -0.15) is 5.10 Å². The average Bonchev–Trinajstić information content (AvgIpc) is 2.95. The molecule has 0 fully saturated rings. The smallest absolute Gasteiger partial charge is 0.269 e. The number of nitro groups is 1. The number of hydrogen-bond donors (Lipinski definition) is 2. The Kier molecular flexibility index (Phi) is 3.45.